The molecule has 0 unspecified atom stereocenters. The molecule has 0 saturated heterocycles. The van der Waals surface area contributed by atoms with Crippen molar-refractivity contribution in [3.63, 3.8) is 0 Å². The Balaban J connectivity index is 2.16. The van der Waals surface area contributed by atoms with E-state index in [-0.39, 0.29) is 0 Å². The molecule has 1 aliphatic rings. The van der Waals surface area contributed by atoms with E-state index in [0.717, 1.165) is 18.8 Å². The standard InChI is InChI=1S/C11H17N3/c1-2-8-14(9-6-7-9)11-5-3-4-10(12)13-11/h3-5,9H,2,6-8H2,1H3,(H2,12,13). The Labute approximate surface area is 84.9 Å². The molecule has 1 fully saturated rings. The summed E-state index contributed by atoms with van der Waals surface area (Å²) in [6.07, 6.45) is 3.76. The molecule has 2 N–H and O–H groups in total. The van der Waals surface area contributed by atoms with Crippen LogP contribution in [-0.4, -0.2) is 17.6 Å². The average Bonchev–Trinajstić information content (AvgIpc) is 2.97. The predicted molar refractivity (Wildman–Crippen MR) is 59.3 cm³/mol. The molecule has 0 radical (unpaired) electrons. The highest BCUT2D eigenvalue weighted by atomic mass is 15.2. The third-order valence-electron chi connectivity index (χ3n) is 2.50. The quantitative estimate of drug-likeness (QED) is 0.792. The summed E-state index contributed by atoms with van der Waals surface area (Å²) in [5.41, 5.74) is 5.68. The first-order chi connectivity index (χ1) is 6.81. The molecule has 0 bridgehead atoms. The van der Waals surface area contributed by atoms with Gasteiger partial charge in [0.25, 0.3) is 0 Å². The van der Waals surface area contributed by atoms with Gasteiger partial charge in [-0.3, -0.25) is 0 Å². The maximum atomic E-state index is 5.68. The highest BCUT2D eigenvalue weighted by Gasteiger charge is 2.29. The SMILES string of the molecule is CCCN(c1cccc(N)n1)C1CC1. The Morgan fingerprint density at radius 3 is 2.86 bits per heavy atom. The van der Waals surface area contributed by atoms with Gasteiger partial charge in [0.05, 0.1) is 0 Å². The van der Waals surface area contributed by atoms with E-state index in [0.29, 0.717) is 11.9 Å². The zero-order valence-electron chi connectivity index (χ0n) is 8.61. The minimum absolute atomic E-state index is 0.615. The Kier molecular flexibility index (Phi) is 2.57. The summed E-state index contributed by atoms with van der Waals surface area (Å²) in [4.78, 5) is 6.73. The van der Waals surface area contributed by atoms with E-state index in [1.165, 1.54) is 12.8 Å². The van der Waals surface area contributed by atoms with Gasteiger partial charge in [-0.1, -0.05) is 13.0 Å². The van der Waals surface area contributed by atoms with Crippen LogP contribution in [0.15, 0.2) is 18.2 Å². The lowest BCUT2D eigenvalue weighted by molar-refractivity contribution is 0.751. The molecule has 1 heterocycles. The molecule has 1 saturated carbocycles. The molecule has 1 aromatic heterocycles. The number of pyridine rings is 1. The number of nitrogens with two attached hydrogens (primary N) is 1. The van der Waals surface area contributed by atoms with Crippen molar-refractivity contribution in [2.45, 2.75) is 32.2 Å². The number of hydrogen-bond donors (Lipinski definition) is 1. The summed E-state index contributed by atoms with van der Waals surface area (Å²) in [7, 11) is 0. The van der Waals surface area contributed by atoms with Gasteiger partial charge in [-0.15, -0.1) is 0 Å². The summed E-state index contributed by atoms with van der Waals surface area (Å²) in [6.45, 7) is 3.28. The van der Waals surface area contributed by atoms with Gasteiger partial charge in [-0.05, 0) is 31.4 Å². The average molecular weight is 191 g/mol. The zero-order valence-corrected chi connectivity index (χ0v) is 8.61. The van der Waals surface area contributed by atoms with Crippen molar-refractivity contribution in [3.8, 4) is 0 Å². The molecular weight excluding hydrogens is 174 g/mol. The number of aromatic nitrogens is 1. The second-order valence-corrected chi connectivity index (χ2v) is 3.85. The zero-order chi connectivity index (χ0) is 9.97. The number of anilines is 2. The number of rotatable bonds is 4. The first-order valence-corrected chi connectivity index (χ1v) is 5.30. The molecule has 0 spiro atoms. The van der Waals surface area contributed by atoms with Crippen LogP contribution in [0.2, 0.25) is 0 Å². The Bertz CT molecular complexity index is 307. The van der Waals surface area contributed by atoms with E-state index >= 15 is 0 Å². The summed E-state index contributed by atoms with van der Waals surface area (Å²) < 4.78 is 0. The van der Waals surface area contributed by atoms with E-state index in [1.54, 1.807) is 0 Å². The minimum Gasteiger partial charge on any atom is -0.384 e. The molecule has 0 aromatic carbocycles. The van der Waals surface area contributed by atoms with Crippen molar-refractivity contribution in [1.82, 2.24) is 4.98 Å². The summed E-state index contributed by atoms with van der Waals surface area (Å²) >= 11 is 0. The Morgan fingerprint density at radius 2 is 2.29 bits per heavy atom. The van der Waals surface area contributed by atoms with Gasteiger partial charge in [0, 0.05) is 12.6 Å². The van der Waals surface area contributed by atoms with Crippen molar-refractivity contribution in [2.24, 2.45) is 0 Å². The first kappa shape index (κ1) is 9.31. The molecule has 3 heteroatoms. The summed E-state index contributed by atoms with van der Waals surface area (Å²) in [5.74, 6) is 1.65. The normalized spacial score (nSPS) is 15.5. The van der Waals surface area contributed by atoms with Crippen molar-refractivity contribution in [1.29, 1.82) is 0 Å². The lowest BCUT2D eigenvalue weighted by Gasteiger charge is -2.22. The molecular formula is C11H17N3. The second-order valence-electron chi connectivity index (χ2n) is 3.85. The largest absolute Gasteiger partial charge is 0.384 e. The van der Waals surface area contributed by atoms with Crippen LogP contribution in [0.5, 0.6) is 0 Å². The van der Waals surface area contributed by atoms with Gasteiger partial charge in [0.2, 0.25) is 0 Å². The smallest absolute Gasteiger partial charge is 0.131 e. The molecule has 14 heavy (non-hydrogen) atoms. The van der Waals surface area contributed by atoms with Crippen LogP contribution in [0.1, 0.15) is 26.2 Å². The number of nitrogen functional groups attached to an aromatic ring is 1. The maximum absolute atomic E-state index is 5.68. The van der Waals surface area contributed by atoms with Crippen molar-refractivity contribution in [2.75, 3.05) is 17.2 Å². The molecule has 0 atom stereocenters. The molecule has 3 nitrogen and oxygen atoms in total. The van der Waals surface area contributed by atoms with Crippen LogP contribution in [0.3, 0.4) is 0 Å². The van der Waals surface area contributed by atoms with Gasteiger partial charge < -0.3 is 10.6 Å². The summed E-state index contributed by atoms with van der Waals surface area (Å²) in [5, 5.41) is 0. The van der Waals surface area contributed by atoms with Crippen LogP contribution >= 0.6 is 0 Å². The Hall–Kier alpha value is -1.25. The third-order valence-corrected chi connectivity index (χ3v) is 2.50. The molecule has 1 aromatic rings. The molecule has 76 valence electrons. The van der Waals surface area contributed by atoms with Gasteiger partial charge in [-0.25, -0.2) is 4.98 Å². The molecule has 1 aliphatic carbocycles. The molecule has 0 aliphatic heterocycles. The first-order valence-electron chi connectivity index (χ1n) is 5.30. The summed E-state index contributed by atoms with van der Waals surface area (Å²) in [6, 6.07) is 6.57. The van der Waals surface area contributed by atoms with Gasteiger partial charge in [0.15, 0.2) is 0 Å². The van der Waals surface area contributed by atoms with Crippen LogP contribution in [0, 0.1) is 0 Å². The highest BCUT2D eigenvalue weighted by molar-refractivity contribution is 5.46. The second kappa shape index (κ2) is 3.86. The third kappa shape index (κ3) is 1.97. The minimum atomic E-state index is 0.615. The van der Waals surface area contributed by atoms with Crippen molar-refractivity contribution in [3.05, 3.63) is 18.2 Å². The molecule has 2 rings (SSSR count). The van der Waals surface area contributed by atoms with Gasteiger partial charge in [-0.2, -0.15) is 0 Å². The molecule has 0 amide bonds. The highest BCUT2D eigenvalue weighted by Crippen LogP contribution is 2.30. The van der Waals surface area contributed by atoms with E-state index < -0.39 is 0 Å². The lowest BCUT2D eigenvalue weighted by atomic mass is 10.3. The van der Waals surface area contributed by atoms with Crippen LogP contribution in [-0.2, 0) is 0 Å². The topological polar surface area (TPSA) is 42.1 Å². The fraction of sp³-hybridized carbons (Fsp3) is 0.545. The Morgan fingerprint density at radius 1 is 1.50 bits per heavy atom. The monoisotopic (exact) mass is 191 g/mol. The maximum Gasteiger partial charge on any atom is 0.131 e. The fourth-order valence-corrected chi connectivity index (χ4v) is 1.71. The van der Waals surface area contributed by atoms with Crippen molar-refractivity contribution < 1.29 is 0 Å². The van der Waals surface area contributed by atoms with E-state index in [4.69, 9.17) is 5.73 Å². The lowest BCUT2D eigenvalue weighted by Crippen LogP contribution is -2.27. The fourth-order valence-electron chi connectivity index (χ4n) is 1.71. The number of nitrogens with zero attached hydrogens (tertiary/aromatic N) is 2. The van der Waals surface area contributed by atoms with Crippen LogP contribution in [0.25, 0.3) is 0 Å². The predicted octanol–water partition coefficient (Wildman–Crippen LogP) is 2.04. The van der Waals surface area contributed by atoms with Gasteiger partial charge in [0.1, 0.15) is 11.6 Å². The van der Waals surface area contributed by atoms with Gasteiger partial charge >= 0.3 is 0 Å². The number of hydrogen-bond acceptors (Lipinski definition) is 3. The van der Waals surface area contributed by atoms with E-state index in [1.807, 2.05) is 18.2 Å². The van der Waals surface area contributed by atoms with Crippen LogP contribution in [0.4, 0.5) is 11.6 Å². The van der Waals surface area contributed by atoms with E-state index in [2.05, 4.69) is 16.8 Å². The van der Waals surface area contributed by atoms with E-state index in [9.17, 15) is 0 Å². The van der Waals surface area contributed by atoms with Crippen LogP contribution < -0.4 is 10.6 Å². The van der Waals surface area contributed by atoms with Crippen molar-refractivity contribution >= 4 is 11.6 Å².